The van der Waals surface area contributed by atoms with Crippen molar-refractivity contribution in [2.45, 2.75) is 76.4 Å². The minimum atomic E-state index is -0.584. The minimum Gasteiger partial charge on any atom is -0.487 e. The molecule has 3 aliphatic rings. The van der Waals surface area contributed by atoms with Crippen LogP contribution in [0.2, 0.25) is 0 Å². The molecule has 0 bridgehead atoms. The first kappa shape index (κ1) is 18.0. The molecule has 1 aromatic carbocycles. The number of aliphatic hydroxyl groups is 1. The van der Waals surface area contributed by atoms with E-state index in [1.54, 1.807) is 0 Å². The number of ether oxygens (including phenoxy) is 1. The van der Waals surface area contributed by atoms with E-state index in [4.69, 9.17) is 9.15 Å². The molecule has 2 fully saturated rings. The Bertz CT molecular complexity index is 903. The van der Waals surface area contributed by atoms with Gasteiger partial charge in [-0.3, -0.25) is 4.79 Å². The number of likely N-dealkylation sites (tertiary alicyclic amines) is 1. The average Bonchev–Trinajstić information content (AvgIpc) is 3.05. The molecule has 1 aromatic heterocycles. The Morgan fingerprint density at radius 1 is 1.11 bits per heavy atom. The fourth-order valence-corrected chi connectivity index (χ4v) is 5.45. The summed E-state index contributed by atoms with van der Waals surface area (Å²) in [6.07, 6.45) is 8.89. The van der Waals surface area contributed by atoms with E-state index in [0.29, 0.717) is 17.8 Å². The zero-order valence-corrected chi connectivity index (χ0v) is 16.6. The number of hydrogen-bond acceptors (Lipinski definition) is 4. The maximum Gasteiger partial charge on any atom is 0.289 e. The molecule has 150 valence electrons. The number of nitrogens with zero attached hydrogens (tertiary/aromatic N) is 1. The molecule has 1 saturated heterocycles. The third kappa shape index (κ3) is 2.83. The zero-order valence-electron chi connectivity index (χ0n) is 16.6. The van der Waals surface area contributed by atoms with Gasteiger partial charge in [0.2, 0.25) is 0 Å². The molecule has 2 aromatic rings. The molecule has 5 heteroatoms. The highest BCUT2D eigenvalue weighted by molar-refractivity contribution is 6.00. The number of aryl methyl sites for hydroxylation is 1. The molecule has 2 aliphatic heterocycles. The SMILES string of the molecule is Cc1c(C(=O)N2CCCCC2)oc2ccc3c(c12)[C@H](O)CC1(CCCCC1)O3. The number of piperidine rings is 1. The Balaban J connectivity index is 1.55. The Morgan fingerprint density at radius 3 is 2.57 bits per heavy atom. The van der Waals surface area contributed by atoms with E-state index < -0.39 is 6.10 Å². The van der Waals surface area contributed by atoms with Crippen LogP contribution in [0.5, 0.6) is 5.75 Å². The summed E-state index contributed by atoms with van der Waals surface area (Å²) in [4.78, 5) is 14.9. The predicted molar refractivity (Wildman–Crippen MR) is 107 cm³/mol. The van der Waals surface area contributed by atoms with Crippen LogP contribution in [0.1, 0.15) is 85.6 Å². The zero-order chi connectivity index (χ0) is 19.3. The highest BCUT2D eigenvalue weighted by atomic mass is 16.5. The Kier molecular flexibility index (Phi) is 4.38. The predicted octanol–water partition coefficient (Wildman–Crippen LogP) is 4.89. The van der Waals surface area contributed by atoms with E-state index in [1.807, 2.05) is 24.0 Å². The van der Waals surface area contributed by atoms with Gasteiger partial charge in [0.25, 0.3) is 5.91 Å². The van der Waals surface area contributed by atoms with Crippen molar-refractivity contribution in [3.8, 4) is 5.75 Å². The van der Waals surface area contributed by atoms with Gasteiger partial charge in [-0.15, -0.1) is 0 Å². The molecular formula is C23H29NO4. The first-order valence-electron chi connectivity index (χ1n) is 10.8. The van der Waals surface area contributed by atoms with Gasteiger partial charge >= 0.3 is 0 Å². The lowest BCUT2D eigenvalue weighted by atomic mass is 9.77. The lowest BCUT2D eigenvalue weighted by Crippen LogP contribution is -2.42. The molecule has 1 atom stereocenters. The van der Waals surface area contributed by atoms with Crippen LogP contribution >= 0.6 is 0 Å². The van der Waals surface area contributed by atoms with Gasteiger partial charge < -0.3 is 19.2 Å². The fourth-order valence-electron chi connectivity index (χ4n) is 5.45. The highest BCUT2D eigenvalue weighted by Crippen LogP contribution is 2.49. The van der Waals surface area contributed by atoms with Crippen LogP contribution in [0.4, 0.5) is 0 Å². The first-order valence-corrected chi connectivity index (χ1v) is 10.8. The third-order valence-electron chi connectivity index (χ3n) is 6.92. The Labute approximate surface area is 165 Å². The van der Waals surface area contributed by atoms with Gasteiger partial charge in [-0.1, -0.05) is 6.42 Å². The Hall–Kier alpha value is -2.01. The highest BCUT2D eigenvalue weighted by Gasteiger charge is 2.42. The summed E-state index contributed by atoms with van der Waals surface area (Å²) < 4.78 is 12.5. The quantitative estimate of drug-likeness (QED) is 0.762. The Morgan fingerprint density at radius 2 is 1.82 bits per heavy atom. The van der Waals surface area contributed by atoms with Crippen LogP contribution in [0.25, 0.3) is 11.0 Å². The van der Waals surface area contributed by atoms with Gasteiger partial charge in [0.1, 0.15) is 16.9 Å². The van der Waals surface area contributed by atoms with E-state index in [0.717, 1.165) is 73.9 Å². The van der Waals surface area contributed by atoms with Crippen LogP contribution < -0.4 is 4.74 Å². The topological polar surface area (TPSA) is 62.9 Å². The van der Waals surface area contributed by atoms with Gasteiger partial charge in [-0.05, 0) is 64.0 Å². The van der Waals surface area contributed by atoms with Crippen molar-refractivity contribution in [3.63, 3.8) is 0 Å². The maximum absolute atomic E-state index is 13.0. The molecule has 1 spiro atoms. The van der Waals surface area contributed by atoms with Crippen molar-refractivity contribution in [1.29, 1.82) is 0 Å². The molecule has 1 N–H and O–H groups in total. The normalized spacial score (nSPS) is 24.2. The van der Waals surface area contributed by atoms with Gasteiger partial charge in [0.15, 0.2) is 5.76 Å². The third-order valence-corrected chi connectivity index (χ3v) is 6.92. The molecular weight excluding hydrogens is 354 g/mol. The van der Waals surface area contributed by atoms with Gasteiger partial charge in [0, 0.05) is 36.0 Å². The standard InChI is InChI=1S/C23H29NO4/c1-15-19-17(27-21(15)22(26)24-12-6-3-7-13-24)8-9-18-20(19)16(25)14-23(28-18)10-4-2-5-11-23/h8-9,16,25H,2-7,10-14H2,1H3/t16-/m1/s1. The number of furan rings is 1. The summed E-state index contributed by atoms with van der Waals surface area (Å²) >= 11 is 0. The number of fused-ring (bicyclic) bond motifs is 3. The molecule has 1 amide bonds. The summed E-state index contributed by atoms with van der Waals surface area (Å²) in [6, 6.07) is 3.80. The fraction of sp³-hybridized carbons (Fsp3) is 0.609. The number of amides is 1. The molecule has 3 heterocycles. The largest absolute Gasteiger partial charge is 0.487 e. The van der Waals surface area contributed by atoms with Crippen molar-refractivity contribution in [1.82, 2.24) is 4.90 Å². The number of carbonyl (C=O) groups excluding carboxylic acids is 1. The van der Waals surface area contributed by atoms with Crippen molar-refractivity contribution in [2.75, 3.05) is 13.1 Å². The minimum absolute atomic E-state index is 0.0304. The lowest BCUT2D eigenvalue weighted by molar-refractivity contribution is -0.0373. The summed E-state index contributed by atoms with van der Waals surface area (Å²) in [5.41, 5.74) is 2.05. The molecule has 0 radical (unpaired) electrons. The van der Waals surface area contributed by atoms with Crippen molar-refractivity contribution in [2.24, 2.45) is 0 Å². The monoisotopic (exact) mass is 383 g/mol. The van der Waals surface area contributed by atoms with Gasteiger partial charge in [-0.25, -0.2) is 0 Å². The second kappa shape index (κ2) is 6.80. The maximum atomic E-state index is 13.0. The smallest absolute Gasteiger partial charge is 0.289 e. The first-order chi connectivity index (χ1) is 13.6. The number of benzene rings is 1. The van der Waals surface area contributed by atoms with E-state index in [9.17, 15) is 9.90 Å². The van der Waals surface area contributed by atoms with E-state index in [-0.39, 0.29) is 11.5 Å². The lowest BCUT2D eigenvalue weighted by Gasteiger charge is -2.43. The molecule has 5 nitrogen and oxygen atoms in total. The summed E-state index contributed by atoms with van der Waals surface area (Å²) in [6.45, 7) is 3.52. The molecule has 1 aliphatic carbocycles. The number of hydrogen-bond donors (Lipinski definition) is 1. The summed E-state index contributed by atoms with van der Waals surface area (Å²) in [5.74, 6) is 1.14. The van der Waals surface area contributed by atoms with Gasteiger partial charge in [-0.2, -0.15) is 0 Å². The molecule has 0 unspecified atom stereocenters. The summed E-state index contributed by atoms with van der Waals surface area (Å²) in [7, 11) is 0. The average molecular weight is 383 g/mol. The summed E-state index contributed by atoms with van der Waals surface area (Å²) in [5, 5.41) is 11.9. The van der Waals surface area contributed by atoms with Crippen molar-refractivity contribution < 1.29 is 19.1 Å². The molecule has 5 rings (SSSR count). The van der Waals surface area contributed by atoms with Crippen LogP contribution in [0, 0.1) is 6.92 Å². The van der Waals surface area contributed by atoms with Crippen LogP contribution in [-0.4, -0.2) is 34.6 Å². The van der Waals surface area contributed by atoms with Crippen LogP contribution in [-0.2, 0) is 0 Å². The van der Waals surface area contributed by atoms with E-state index >= 15 is 0 Å². The molecule has 1 saturated carbocycles. The number of carbonyl (C=O) groups is 1. The second-order valence-corrected chi connectivity index (χ2v) is 8.83. The number of rotatable bonds is 1. The number of aliphatic hydroxyl groups excluding tert-OH is 1. The van der Waals surface area contributed by atoms with Gasteiger partial charge in [0.05, 0.1) is 6.10 Å². The molecule has 28 heavy (non-hydrogen) atoms. The van der Waals surface area contributed by atoms with Crippen molar-refractivity contribution >= 4 is 16.9 Å². The van der Waals surface area contributed by atoms with Crippen molar-refractivity contribution in [3.05, 3.63) is 29.0 Å². The van der Waals surface area contributed by atoms with Crippen LogP contribution in [0.3, 0.4) is 0 Å². The van der Waals surface area contributed by atoms with E-state index in [2.05, 4.69) is 0 Å². The van der Waals surface area contributed by atoms with E-state index in [1.165, 1.54) is 12.8 Å². The second-order valence-electron chi connectivity index (χ2n) is 8.83. The van der Waals surface area contributed by atoms with Crippen LogP contribution in [0.15, 0.2) is 16.5 Å².